The van der Waals surface area contributed by atoms with Gasteiger partial charge in [0.25, 0.3) is 0 Å². The molecule has 1 aliphatic heterocycles. The van der Waals surface area contributed by atoms with E-state index in [0.717, 1.165) is 28.9 Å². The van der Waals surface area contributed by atoms with Crippen LogP contribution in [0.5, 0.6) is 0 Å². The van der Waals surface area contributed by atoms with Gasteiger partial charge < -0.3 is 5.32 Å². The molecule has 0 unspecified atom stereocenters. The molecule has 1 aliphatic rings. The van der Waals surface area contributed by atoms with Gasteiger partial charge in [0, 0.05) is 11.4 Å². The van der Waals surface area contributed by atoms with Gasteiger partial charge in [-0.05, 0) is 52.8 Å². The van der Waals surface area contributed by atoms with Gasteiger partial charge >= 0.3 is 0 Å². The van der Waals surface area contributed by atoms with Crippen LogP contribution in [0.15, 0.2) is 78.9 Å². The quantitative estimate of drug-likeness (QED) is 0.425. The molecule has 0 radical (unpaired) electrons. The minimum absolute atomic E-state index is 0.0179. The Labute approximate surface area is 206 Å². The maximum atomic E-state index is 13.0. The van der Waals surface area contributed by atoms with Crippen molar-refractivity contribution in [3.63, 3.8) is 0 Å². The predicted molar refractivity (Wildman–Crippen MR) is 142 cm³/mol. The van der Waals surface area contributed by atoms with Crippen molar-refractivity contribution in [1.29, 1.82) is 0 Å². The smallest absolute Gasteiger partial charge is 0.238 e. The van der Waals surface area contributed by atoms with E-state index in [1.54, 1.807) is 11.8 Å². The molecule has 1 fully saturated rings. The summed E-state index contributed by atoms with van der Waals surface area (Å²) in [6, 6.07) is 26.0. The lowest BCUT2D eigenvalue weighted by atomic mass is 9.87. The summed E-state index contributed by atoms with van der Waals surface area (Å²) in [5.74, 6) is 0.317. The van der Waals surface area contributed by atoms with Crippen LogP contribution in [0.1, 0.15) is 62.1 Å². The van der Waals surface area contributed by atoms with E-state index in [1.165, 1.54) is 5.56 Å². The van der Waals surface area contributed by atoms with Crippen molar-refractivity contribution in [2.24, 2.45) is 0 Å². The Kier molecular flexibility index (Phi) is 7.13. The summed E-state index contributed by atoms with van der Waals surface area (Å²) in [7, 11) is 0. The fourth-order valence-electron chi connectivity index (χ4n) is 4.33. The number of carbonyl (C=O) groups is 2. The molecule has 0 spiro atoms. The maximum Gasteiger partial charge on any atom is 0.238 e. The highest BCUT2D eigenvalue weighted by molar-refractivity contribution is 8.00. The first-order chi connectivity index (χ1) is 16.3. The van der Waals surface area contributed by atoms with E-state index in [0.29, 0.717) is 5.75 Å². The van der Waals surface area contributed by atoms with Crippen molar-refractivity contribution < 1.29 is 9.59 Å². The molecule has 0 aliphatic carbocycles. The summed E-state index contributed by atoms with van der Waals surface area (Å²) in [4.78, 5) is 27.7. The van der Waals surface area contributed by atoms with Gasteiger partial charge in [-0.3, -0.25) is 14.5 Å². The molecule has 2 atom stereocenters. The molecule has 4 rings (SSSR count). The number of hydrogen-bond acceptors (Lipinski definition) is 3. The molecule has 2 amide bonds. The zero-order valence-electron chi connectivity index (χ0n) is 20.2. The van der Waals surface area contributed by atoms with Gasteiger partial charge in [-0.1, -0.05) is 82.3 Å². The van der Waals surface area contributed by atoms with Gasteiger partial charge in [0.15, 0.2) is 0 Å². The molecular weight excluding hydrogens is 440 g/mol. The molecule has 1 heterocycles. The largest absolute Gasteiger partial charge is 0.326 e. The summed E-state index contributed by atoms with van der Waals surface area (Å²) in [5, 5.41) is 2.97. The summed E-state index contributed by atoms with van der Waals surface area (Å²) < 4.78 is 0. The Hall–Kier alpha value is -3.05. The molecule has 0 bridgehead atoms. The monoisotopic (exact) mass is 472 g/mol. The average molecular weight is 473 g/mol. The second-order valence-corrected chi connectivity index (χ2v) is 10.8. The molecule has 3 aromatic rings. The van der Waals surface area contributed by atoms with E-state index in [2.05, 4.69) is 38.2 Å². The molecule has 34 heavy (non-hydrogen) atoms. The zero-order valence-corrected chi connectivity index (χ0v) is 21.1. The van der Waals surface area contributed by atoms with Crippen LogP contribution in [0, 0.1) is 0 Å². The highest BCUT2D eigenvalue weighted by Crippen LogP contribution is 2.42. The number of nitrogens with one attached hydrogen (secondary N) is 1. The van der Waals surface area contributed by atoms with Crippen LogP contribution in [-0.2, 0) is 15.0 Å². The molecule has 5 heteroatoms. The van der Waals surface area contributed by atoms with Crippen LogP contribution in [0.4, 0.5) is 11.4 Å². The van der Waals surface area contributed by atoms with Gasteiger partial charge in [-0.15, -0.1) is 11.8 Å². The number of carbonyl (C=O) groups excluding carboxylic acids is 2. The maximum absolute atomic E-state index is 13.0. The third-order valence-corrected chi connectivity index (χ3v) is 7.46. The van der Waals surface area contributed by atoms with Gasteiger partial charge in [0.2, 0.25) is 11.8 Å². The van der Waals surface area contributed by atoms with Crippen LogP contribution in [-0.4, -0.2) is 17.6 Å². The minimum atomic E-state index is -0.204. The SMILES string of the molecule is CC[C@@H](C(=O)Nc1cccc([C@H]2SCC(=O)N2c2ccc(C(C)(C)C)cc2)c1)c1ccccc1. The van der Waals surface area contributed by atoms with Gasteiger partial charge in [-0.2, -0.15) is 0 Å². The number of thioether (sulfide) groups is 1. The van der Waals surface area contributed by atoms with E-state index >= 15 is 0 Å². The third kappa shape index (κ3) is 5.20. The normalized spacial score (nSPS) is 17.0. The molecule has 1 N–H and O–H groups in total. The van der Waals surface area contributed by atoms with Gasteiger partial charge in [-0.25, -0.2) is 0 Å². The first-order valence-corrected chi connectivity index (χ1v) is 12.8. The standard InChI is InChI=1S/C29H32N2O2S/c1-5-25(20-10-7-6-8-11-20)27(33)30-23-13-9-12-21(18-23)28-31(26(32)19-34-28)24-16-14-22(15-17-24)29(2,3)4/h6-18,25,28H,5,19H2,1-4H3,(H,30,33)/t25-,28-/m1/s1. The van der Waals surface area contributed by atoms with E-state index in [4.69, 9.17) is 0 Å². The summed E-state index contributed by atoms with van der Waals surface area (Å²) in [6.07, 6.45) is 0.723. The van der Waals surface area contributed by atoms with Gasteiger partial charge in [0.05, 0.1) is 11.7 Å². The Balaban J connectivity index is 1.55. The number of benzene rings is 3. The number of rotatable bonds is 6. The Morgan fingerprint density at radius 2 is 1.74 bits per heavy atom. The van der Waals surface area contributed by atoms with Crippen molar-refractivity contribution in [1.82, 2.24) is 0 Å². The Bertz CT molecular complexity index is 1150. The molecular formula is C29H32N2O2S. The van der Waals surface area contributed by atoms with Gasteiger partial charge in [0.1, 0.15) is 5.37 Å². The van der Waals surface area contributed by atoms with E-state index in [1.807, 2.05) is 78.6 Å². The summed E-state index contributed by atoms with van der Waals surface area (Å²) in [5.41, 5.74) is 4.96. The summed E-state index contributed by atoms with van der Waals surface area (Å²) in [6.45, 7) is 8.57. The minimum Gasteiger partial charge on any atom is -0.326 e. The van der Waals surface area contributed by atoms with E-state index in [-0.39, 0.29) is 28.5 Å². The van der Waals surface area contributed by atoms with E-state index < -0.39 is 0 Å². The highest BCUT2D eigenvalue weighted by Gasteiger charge is 2.34. The topological polar surface area (TPSA) is 49.4 Å². The lowest BCUT2D eigenvalue weighted by Gasteiger charge is -2.26. The van der Waals surface area contributed by atoms with E-state index in [9.17, 15) is 9.59 Å². The number of nitrogens with zero attached hydrogens (tertiary/aromatic N) is 1. The van der Waals surface area contributed by atoms with Crippen LogP contribution in [0.25, 0.3) is 0 Å². The Morgan fingerprint density at radius 3 is 2.38 bits per heavy atom. The second kappa shape index (κ2) is 10.1. The van der Waals surface area contributed by atoms with Crippen LogP contribution >= 0.6 is 11.8 Å². The molecule has 1 saturated heterocycles. The number of amides is 2. The molecule has 3 aromatic carbocycles. The lowest BCUT2D eigenvalue weighted by molar-refractivity contribution is -0.118. The van der Waals surface area contributed by atoms with Crippen molar-refractivity contribution in [2.45, 2.75) is 50.8 Å². The third-order valence-electron chi connectivity index (χ3n) is 6.25. The highest BCUT2D eigenvalue weighted by atomic mass is 32.2. The van der Waals surface area contributed by atoms with Crippen molar-refractivity contribution in [2.75, 3.05) is 16.0 Å². The lowest BCUT2D eigenvalue weighted by Crippen LogP contribution is -2.28. The molecule has 0 saturated carbocycles. The predicted octanol–water partition coefficient (Wildman–Crippen LogP) is 6.90. The van der Waals surface area contributed by atoms with Crippen molar-refractivity contribution in [3.8, 4) is 0 Å². The number of anilines is 2. The molecule has 176 valence electrons. The zero-order chi connectivity index (χ0) is 24.3. The van der Waals surface area contributed by atoms with Crippen LogP contribution in [0.3, 0.4) is 0 Å². The van der Waals surface area contributed by atoms with Crippen LogP contribution in [0.2, 0.25) is 0 Å². The molecule has 4 nitrogen and oxygen atoms in total. The van der Waals surface area contributed by atoms with Crippen LogP contribution < -0.4 is 10.2 Å². The fraction of sp³-hybridized carbons (Fsp3) is 0.310. The Morgan fingerprint density at radius 1 is 1.03 bits per heavy atom. The van der Waals surface area contributed by atoms with Crippen molar-refractivity contribution >= 4 is 35.0 Å². The fourth-order valence-corrected chi connectivity index (χ4v) is 5.50. The average Bonchev–Trinajstić information content (AvgIpc) is 3.21. The second-order valence-electron chi connectivity index (χ2n) is 9.71. The first kappa shape index (κ1) is 24.1. The molecule has 0 aromatic heterocycles. The van der Waals surface area contributed by atoms with Crippen molar-refractivity contribution in [3.05, 3.63) is 95.6 Å². The number of hydrogen-bond donors (Lipinski definition) is 1. The summed E-state index contributed by atoms with van der Waals surface area (Å²) >= 11 is 1.62. The first-order valence-electron chi connectivity index (χ1n) is 11.8.